The zero-order chi connectivity index (χ0) is 19.9. The van der Waals surface area contributed by atoms with Crippen LogP contribution in [0.3, 0.4) is 0 Å². The first-order valence-electron chi connectivity index (χ1n) is 8.35. The number of anilines is 1. The molecule has 0 fully saturated rings. The Morgan fingerprint density at radius 3 is 2.21 bits per heavy atom. The number of carbonyl (C=O) groups excluding carboxylic acids is 2. The van der Waals surface area contributed by atoms with Crippen molar-refractivity contribution in [3.63, 3.8) is 0 Å². The lowest BCUT2D eigenvalue weighted by Gasteiger charge is -2.08. The maximum Gasteiger partial charge on any atom is 0.326 e. The molecule has 0 bridgehead atoms. The van der Waals surface area contributed by atoms with Gasteiger partial charge in [0.05, 0.1) is 10.6 Å². The lowest BCUT2D eigenvalue weighted by Crippen LogP contribution is -2.34. The summed E-state index contributed by atoms with van der Waals surface area (Å²) < 4.78 is 0. The minimum absolute atomic E-state index is 0.244. The van der Waals surface area contributed by atoms with E-state index in [1.807, 2.05) is 36.4 Å². The SMILES string of the molecule is O=C(NC(=O)c1ccccc1Cl)Nc1ccc(SCc2ccc(Cl)cc2)cc1. The topological polar surface area (TPSA) is 58.2 Å². The summed E-state index contributed by atoms with van der Waals surface area (Å²) in [5.74, 6) is 0.259. The van der Waals surface area contributed by atoms with Crippen LogP contribution in [0.15, 0.2) is 77.7 Å². The van der Waals surface area contributed by atoms with Crippen molar-refractivity contribution in [3.05, 3.63) is 94.0 Å². The molecule has 0 unspecified atom stereocenters. The minimum Gasteiger partial charge on any atom is -0.308 e. The fraction of sp³-hybridized carbons (Fsp3) is 0.0476. The summed E-state index contributed by atoms with van der Waals surface area (Å²) in [4.78, 5) is 25.2. The van der Waals surface area contributed by atoms with Crippen LogP contribution in [0.2, 0.25) is 10.0 Å². The minimum atomic E-state index is -0.619. The van der Waals surface area contributed by atoms with Crippen LogP contribution in [-0.4, -0.2) is 11.9 Å². The summed E-state index contributed by atoms with van der Waals surface area (Å²) >= 11 is 13.5. The van der Waals surface area contributed by atoms with Crippen LogP contribution in [0.4, 0.5) is 10.5 Å². The van der Waals surface area contributed by atoms with Crippen molar-refractivity contribution in [1.82, 2.24) is 5.32 Å². The second kappa shape index (κ2) is 9.64. The highest BCUT2D eigenvalue weighted by Gasteiger charge is 2.13. The van der Waals surface area contributed by atoms with E-state index in [0.717, 1.165) is 15.7 Å². The zero-order valence-electron chi connectivity index (χ0n) is 14.6. The Morgan fingerprint density at radius 1 is 0.857 bits per heavy atom. The molecule has 4 nitrogen and oxygen atoms in total. The third-order valence-corrected chi connectivity index (χ3v) is 5.44. The first-order chi connectivity index (χ1) is 13.5. The third kappa shape index (κ3) is 5.76. The predicted molar refractivity (Wildman–Crippen MR) is 115 cm³/mol. The molecule has 0 radical (unpaired) electrons. The van der Waals surface area contributed by atoms with E-state index in [1.165, 1.54) is 5.56 Å². The molecule has 7 heteroatoms. The van der Waals surface area contributed by atoms with Crippen LogP contribution in [0, 0.1) is 0 Å². The van der Waals surface area contributed by atoms with Gasteiger partial charge in [-0.2, -0.15) is 0 Å². The van der Waals surface area contributed by atoms with Crippen LogP contribution < -0.4 is 10.6 Å². The first-order valence-corrected chi connectivity index (χ1v) is 10.1. The van der Waals surface area contributed by atoms with E-state index < -0.39 is 11.9 Å². The van der Waals surface area contributed by atoms with Gasteiger partial charge in [-0.3, -0.25) is 10.1 Å². The molecule has 0 atom stereocenters. The Kier molecular flexibility index (Phi) is 6.98. The van der Waals surface area contributed by atoms with Crippen LogP contribution in [0.5, 0.6) is 0 Å². The molecule has 0 aliphatic heterocycles. The summed E-state index contributed by atoms with van der Waals surface area (Å²) in [6.45, 7) is 0. The zero-order valence-corrected chi connectivity index (χ0v) is 16.9. The average Bonchev–Trinajstić information content (AvgIpc) is 2.69. The van der Waals surface area contributed by atoms with Gasteiger partial charge < -0.3 is 5.32 Å². The predicted octanol–water partition coefficient (Wildman–Crippen LogP) is 6.25. The molecule has 28 heavy (non-hydrogen) atoms. The molecule has 3 rings (SSSR count). The summed E-state index contributed by atoms with van der Waals surface area (Å²) in [5.41, 5.74) is 2.00. The van der Waals surface area contributed by atoms with E-state index in [-0.39, 0.29) is 10.6 Å². The number of imide groups is 1. The van der Waals surface area contributed by atoms with Crippen LogP contribution >= 0.6 is 35.0 Å². The second-order valence-corrected chi connectivity index (χ2v) is 7.72. The van der Waals surface area contributed by atoms with Crippen LogP contribution in [0.1, 0.15) is 15.9 Å². The number of amides is 3. The summed E-state index contributed by atoms with van der Waals surface area (Å²) in [7, 11) is 0. The highest BCUT2D eigenvalue weighted by atomic mass is 35.5. The Balaban J connectivity index is 1.52. The molecule has 0 saturated heterocycles. The lowest BCUT2D eigenvalue weighted by atomic mass is 10.2. The molecule has 0 heterocycles. The standard InChI is InChI=1S/C21H16Cl2N2O2S/c22-15-7-5-14(6-8-15)13-28-17-11-9-16(10-12-17)24-21(27)25-20(26)18-3-1-2-4-19(18)23/h1-12H,13H2,(H2,24,25,26,27). The van der Waals surface area contributed by atoms with E-state index in [9.17, 15) is 9.59 Å². The maximum absolute atomic E-state index is 12.1. The molecule has 0 aromatic heterocycles. The number of urea groups is 1. The number of halogens is 2. The molecular formula is C21H16Cl2N2O2S. The summed E-state index contributed by atoms with van der Waals surface area (Å²) in [6.07, 6.45) is 0. The van der Waals surface area contributed by atoms with Gasteiger partial charge in [0.25, 0.3) is 5.91 Å². The highest BCUT2D eigenvalue weighted by molar-refractivity contribution is 7.98. The quantitative estimate of drug-likeness (QED) is 0.470. The lowest BCUT2D eigenvalue weighted by molar-refractivity contribution is 0.0967. The Morgan fingerprint density at radius 2 is 1.54 bits per heavy atom. The smallest absolute Gasteiger partial charge is 0.308 e. The first kappa shape index (κ1) is 20.3. The maximum atomic E-state index is 12.1. The van der Waals surface area contributed by atoms with Gasteiger partial charge in [0.1, 0.15) is 0 Å². The molecule has 0 aliphatic carbocycles. The van der Waals surface area contributed by atoms with E-state index in [2.05, 4.69) is 10.6 Å². The van der Waals surface area contributed by atoms with Gasteiger partial charge >= 0.3 is 6.03 Å². The second-order valence-electron chi connectivity index (χ2n) is 5.83. The Bertz CT molecular complexity index is 976. The van der Waals surface area contributed by atoms with Gasteiger partial charge in [-0.25, -0.2) is 4.79 Å². The van der Waals surface area contributed by atoms with Crippen molar-refractivity contribution >= 4 is 52.6 Å². The fourth-order valence-electron chi connectivity index (χ4n) is 2.36. The third-order valence-electron chi connectivity index (χ3n) is 3.78. The molecule has 3 aromatic rings. The van der Waals surface area contributed by atoms with Gasteiger partial charge in [-0.15, -0.1) is 11.8 Å². The number of rotatable bonds is 5. The Hall–Kier alpha value is -2.47. The molecule has 0 aliphatic rings. The molecule has 0 spiro atoms. The van der Waals surface area contributed by atoms with E-state index >= 15 is 0 Å². The van der Waals surface area contributed by atoms with Gasteiger partial charge in [-0.1, -0.05) is 47.5 Å². The van der Waals surface area contributed by atoms with Crippen molar-refractivity contribution in [2.24, 2.45) is 0 Å². The van der Waals surface area contributed by atoms with Crippen molar-refractivity contribution in [1.29, 1.82) is 0 Å². The van der Waals surface area contributed by atoms with Crippen LogP contribution in [0.25, 0.3) is 0 Å². The molecule has 142 valence electrons. The number of nitrogens with one attached hydrogen (secondary N) is 2. The van der Waals surface area contributed by atoms with Gasteiger partial charge in [0, 0.05) is 21.4 Å². The van der Waals surface area contributed by atoms with E-state index in [0.29, 0.717) is 5.69 Å². The average molecular weight is 431 g/mol. The van der Waals surface area contributed by atoms with E-state index in [4.69, 9.17) is 23.2 Å². The molecule has 3 aromatic carbocycles. The van der Waals surface area contributed by atoms with Crippen LogP contribution in [-0.2, 0) is 5.75 Å². The Labute approximate surface area is 177 Å². The van der Waals surface area contributed by atoms with Crippen molar-refractivity contribution in [2.75, 3.05) is 5.32 Å². The number of hydrogen-bond donors (Lipinski definition) is 2. The number of carbonyl (C=O) groups is 2. The number of thioether (sulfide) groups is 1. The number of benzene rings is 3. The normalized spacial score (nSPS) is 10.4. The summed E-state index contributed by atoms with van der Waals surface area (Å²) in [6, 6.07) is 21.0. The van der Waals surface area contributed by atoms with Crippen molar-refractivity contribution < 1.29 is 9.59 Å². The fourth-order valence-corrected chi connectivity index (χ4v) is 3.56. The number of hydrogen-bond acceptors (Lipinski definition) is 3. The van der Waals surface area contributed by atoms with Crippen molar-refractivity contribution in [2.45, 2.75) is 10.6 Å². The van der Waals surface area contributed by atoms with E-state index in [1.54, 1.807) is 48.2 Å². The summed E-state index contributed by atoms with van der Waals surface area (Å²) in [5, 5.41) is 5.90. The van der Waals surface area contributed by atoms with Gasteiger partial charge in [-0.05, 0) is 54.1 Å². The highest BCUT2D eigenvalue weighted by Crippen LogP contribution is 2.25. The molecule has 2 N–H and O–H groups in total. The van der Waals surface area contributed by atoms with Gasteiger partial charge in [0.15, 0.2) is 0 Å². The largest absolute Gasteiger partial charge is 0.326 e. The molecule has 3 amide bonds. The molecular weight excluding hydrogens is 415 g/mol. The van der Waals surface area contributed by atoms with Gasteiger partial charge in [0.2, 0.25) is 0 Å². The monoisotopic (exact) mass is 430 g/mol. The van der Waals surface area contributed by atoms with Crippen molar-refractivity contribution in [3.8, 4) is 0 Å². The molecule has 0 saturated carbocycles.